The summed E-state index contributed by atoms with van der Waals surface area (Å²) in [4.78, 5) is 70.8. The molecule has 0 radical (unpaired) electrons. The number of rotatable bonds is 10. The van der Waals surface area contributed by atoms with Gasteiger partial charge in [-0.2, -0.15) is 29.9 Å². The third-order valence-corrected chi connectivity index (χ3v) is 9.73. The van der Waals surface area contributed by atoms with Crippen molar-refractivity contribution in [3.8, 4) is 12.0 Å². The molecule has 4 rings (SSSR count). The topological polar surface area (TPSA) is 290 Å². The van der Waals surface area contributed by atoms with E-state index in [0.717, 1.165) is 30.5 Å². The summed E-state index contributed by atoms with van der Waals surface area (Å²) in [5.41, 5.74) is -0.208. The molecule has 3 aromatic heterocycles. The van der Waals surface area contributed by atoms with Crippen molar-refractivity contribution in [1.29, 1.82) is 0 Å². The molecule has 52 heavy (non-hydrogen) atoms. The Balaban J connectivity index is 0.000000281. The van der Waals surface area contributed by atoms with Gasteiger partial charge in [-0.15, -0.1) is 11.3 Å². The maximum absolute atomic E-state index is 12.6. The van der Waals surface area contributed by atoms with Crippen LogP contribution < -0.4 is 29.1 Å². The number of thiophene rings is 1. The van der Waals surface area contributed by atoms with E-state index >= 15 is 0 Å². The number of ether oxygens (including phenoxy) is 4. The summed E-state index contributed by atoms with van der Waals surface area (Å²) >= 11 is 0.872. The van der Waals surface area contributed by atoms with E-state index in [9.17, 15) is 36.0 Å². The van der Waals surface area contributed by atoms with Crippen molar-refractivity contribution in [2.75, 3.05) is 45.7 Å². The zero-order valence-corrected chi connectivity index (χ0v) is 30.7. The van der Waals surface area contributed by atoms with Crippen molar-refractivity contribution in [3.63, 3.8) is 0 Å². The molecule has 0 spiro atoms. The van der Waals surface area contributed by atoms with Gasteiger partial charge >= 0.3 is 36.0 Å². The predicted molar refractivity (Wildman–Crippen MR) is 179 cm³/mol. The molecular weight excluding hydrogens is 753 g/mol. The number of aryl methyl sites for hydroxylation is 2. The molecule has 4 amide bonds. The van der Waals surface area contributed by atoms with Crippen molar-refractivity contribution in [1.82, 2.24) is 39.3 Å². The standard InChI is InChI=1S/C15H17N5O6S.C12H13N5O6S2/c1-9-16-13(18-14(17-9)26-4)20(2)15(22)19-27(23,24)11-8-6-5-7-10(11)12(21)25-3;1-6-13-10(16-12(14-6)23-3)15-11(19)17-25(20,21)7-4-5-24-8(7)9(18)22-2/h5-8H,1-4H3,(H,19,22);4-5H,1-3H3,(H2,13,14,15,16,17,19). The summed E-state index contributed by atoms with van der Waals surface area (Å²) in [5.74, 6) is -1.46. The van der Waals surface area contributed by atoms with Crippen molar-refractivity contribution >= 4 is 67.3 Å². The van der Waals surface area contributed by atoms with Crippen LogP contribution in [0.15, 0.2) is 45.5 Å². The molecule has 22 nitrogen and oxygen atoms in total. The molecule has 278 valence electrons. The minimum absolute atomic E-state index is 0.0314. The number of urea groups is 2. The van der Waals surface area contributed by atoms with Gasteiger partial charge in [0.1, 0.15) is 26.3 Å². The largest absolute Gasteiger partial charge is 0.467 e. The smallest absolute Gasteiger partial charge is 0.349 e. The molecule has 0 aliphatic carbocycles. The van der Waals surface area contributed by atoms with Crippen molar-refractivity contribution in [3.05, 3.63) is 57.8 Å². The Morgan fingerprint density at radius 1 is 0.712 bits per heavy atom. The van der Waals surface area contributed by atoms with Gasteiger partial charge in [-0.25, -0.2) is 45.5 Å². The Bertz CT molecular complexity index is 2200. The van der Waals surface area contributed by atoms with E-state index in [1.54, 1.807) is 11.6 Å². The van der Waals surface area contributed by atoms with Crippen LogP contribution >= 0.6 is 11.3 Å². The van der Waals surface area contributed by atoms with Gasteiger partial charge in [0.15, 0.2) is 0 Å². The summed E-state index contributed by atoms with van der Waals surface area (Å²) in [7, 11) is -2.49. The number of aromatic nitrogens is 6. The van der Waals surface area contributed by atoms with Gasteiger partial charge in [0, 0.05) is 7.05 Å². The number of anilines is 2. The number of nitrogens with one attached hydrogen (secondary N) is 3. The molecule has 0 saturated carbocycles. The SMILES string of the molecule is COC(=O)c1ccccc1S(=O)(=O)NC(=O)N(C)c1nc(C)nc(OC)n1.COC(=O)c1sccc1S(=O)(=O)NC(=O)Nc1nc(C)nc(OC)n1. The zero-order valence-electron chi connectivity index (χ0n) is 28.2. The molecule has 0 unspecified atom stereocenters. The fraction of sp³-hybridized carbons (Fsp3) is 0.259. The lowest BCUT2D eigenvalue weighted by Gasteiger charge is -2.17. The van der Waals surface area contributed by atoms with Gasteiger partial charge in [-0.1, -0.05) is 12.1 Å². The van der Waals surface area contributed by atoms with Gasteiger partial charge in [0.05, 0.1) is 34.0 Å². The first-order valence-corrected chi connectivity index (χ1v) is 17.8. The van der Waals surface area contributed by atoms with Crippen LogP contribution in [0.4, 0.5) is 21.5 Å². The van der Waals surface area contributed by atoms with Crippen molar-refractivity contribution in [2.24, 2.45) is 0 Å². The number of hydrogen-bond donors (Lipinski definition) is 3. The van der Waals surface area contributed by atoms with Crippen molar-refractivity contribution < 1.29 is 55.0 Å². The highest BCUT2D eigenvalue weighted by molar-refractivity contribution is 7.90. The minimum atomic E-state index is -4.37. The average Bonchev–Trinajstić information content (AvgIpc) is 3.61. The van der Waals surface area contributed by atoms with E-state index in [1.807, 2.05) is 4.72 Å². The summed E-state index contributed by atoms with van der Waals surface area (Å²) < 4.78 is 72.1. The Morgan fingerprint density at radius 3 is 1.90 bits per heavy atom. The van der Waals surface area contributed by atoms with E-state index in [-0.39, 0.29) is 50.9 Å². The quantitative estimate of drug-likeness (QED) is 0.189. The van der Waals surface area contributed by atoms with E-state index < -0.39 is 48.9 Å². The van der Waals surface area contributed by atoms with Crippen LogP contribution in [-0.4, -0.2) is 106 Å². The molecule has 1 aromatic carbocycles. The number of nitrogens with zero attached hydrogens (tertiary/aromatic N) is 7. The normalized spacial score (nSPS) is 10.8. The number of esters is 2. The fourth-order valence-electron chi connectivity index (χ4n) is 3.65. The van der Waals surface area contributed by atoms with Gasteiger partial charge < -0.3 is 18.9 Å². The number of sulfonamides is 2. The number of benzene rings is 1. The second kappa shape index (κ2) is 17.2. The summed E-state index contributed by atoms with van der Waals surface area (Å²) in [6, 6.07) is 4.29. The van der Waals surface area contributed by atoms with Crippen LogP contribution in [0.1, 0.15) is 31.7 Å². The lowest BCUT2D eigenvalue weighted by Crippen LogP contribution is -2.42. The highest BCUT2D eigenvalue weighted by Crippen LogP contribution is 2.23. The summed E-state index contributed by atoms with van der Waals surface area (Å²) in [6.45, 7) is 3.10. The number of carbonyl (C=O) groups excluding carboxylic acids is 4. The molecule has 0 aliphatic heterocycles. The first-order chi connectivity index (χ1) is 24.5. The van der Waals surface area contributed by atoms with Crippen LogP contribution in [0.5, 0.6) is 12.0 Å². The number of hydrogen-bond acceptors (Lipinski definition) is 19. The van der Waals surface area contributed by atoms with Crippen molar-refractivity contribution in [2.45, 2.75) is 23.6 Å². The van der Waals surface area contributed by atoms with Gasteiger partial charge in [0.2, 0.25) is 11.9 Å². The molecule has 3 N–H and O–H groups in total. The zero-order chi connectivity index (χ0) is 38.8. The molecule has 0 atom stereocenters. The second-order valence-electron chi connectivity index (χ2n) is 9.48. The Kier molecular flexibility index (Phi) is 13.4. The molecular formula is C27H30N10O12S3. The monoisotopic (exact) mass is 782 g/mol. The summed E-state index contributed by atoms with van der Waals surface area (Å²) in [6.07, 6.45) is 0. The number of amides is 4. The fourth-order valence-corrected chi connectivity index (χ4v) is 7.07. The first kappa shape index (κ1) is 40.4. The molecule has 0 bridgehead atoms. The van der Waals surface area contributed by atoms with E-state index in [0.29, 0.717) is 0 Å². The van der Waals surface area contributed by atoms with Gasteiger partial charge in [0.25, 0.3) is 20.0 Å². The second-order valence-corrected chi connectivity index (χ2v) is 13.7. The van der Waals surface area contributed by atoms with E-state index in [1.165, 1.54) is 63.9 Å². The van der Waals surface area contributed by atoms with Crippen LogP contribution in [-0.2, 0) is 29.5 Å². The predicted octanol–water partition coefficient (Wildman–Crippen LogP) is 1.06. The molecule has 4 aromatic rings. The molecule has 0 fully saturated rings. The third-order valence-electron chi connectivity index (χ3n) is 5.96. The Hall–Kier alpha value is -6.08. The molecule has 0 aliphatic rings. The molecule has 0 saturated heterocycles. The van der Waals surface area contributed by atoms with Crippen LogP contribution in [0.2, 0.25) is 0 Å². The van der Waals surface area contributed by atoms with Crippen LogP contribution in [0, 0.1) is 13.8 Å². The first-order valence-electron chi connectivity index (χ1n) is 14.0. The Labute approximate surface area is 300 Å². The highest BCUT2D eigenvalue weighted by Gasteiger charge is 2.28. The van der Waals surface area contributed by atoms with E-state index in [2.05, 4.69) is 44.7 Å². The molecule has 3 heterocycles. The maximum atomic E-state index is 12.6. The minimum Gasteiger partial charge on any atom is -0.467 e. The maximum Gasteiger partial charge on any atom is 0.349 e. The highest BCUT2D eigenvalue weighted by atomic mass is 32.2. The van der Waals surface area contributed by atoms with Gasteiger partial charge in [-0.05, 0) is 37.4 Å². The van der Waals surface area contributed by atoms with Crippen LogP contribution in [0.3, 0.4) is 0 Å². The summed E-state index contributed by atoms with van der Waals surface area (Å²) in [5, 5.41) is 3.54. The number of methoxy groups -OCH3 is 4. The van der Waals surface area contributed by atoms with Gasteiger partial charge in [-0.3, -0.25) is 10.2 Å². The number of carbonyl (C=O) groups is 4. The van der Waals surface area contributed by atoms with Crippen LogP contribution in [0.25, 0.3) is 0 Å². The lowest BCUT2D eigenvalue weighted by molar-refractivity contribution is 0.0590. The third kappa shape index (κ3) is 10.2. The Morgan fingerprint density at radius 2 is 1.29 bits per heavy atom. The van der Waals surface area contributed by atoms with E-state index in [4.69, 9.17) is 9.47 Å². The average molecular weight is 783 g/mol. The molecule has 25 heteroatoms. The lowest BCUT2D eigenvalue weighted by atomic mass is 10.2.